The maximum Gasteiger partial charge on any atom is 0.416 e. The lowest BCUT2D eigenvalue weighted by Gasteiger charge is -2.32. The molecule has 0 unspecified atom stereocenters. The molecule has 0 N–H and O–H groups in total. The molecule has 0 radical (unpaired) electrons. The fraction of sp³-hybridized carbons (Fsp3) is 0.562. The van der Waals surface area contributed by atoms with E-state index in [1.165, 1.54) is 6.07 Å². The molecule has 1 fully saturated rings. The molecule has 1 aliphatic heterocycles. The Morgan fingerprint density at radius 3 is 2.52 bits per heavy atom. The van der Waals surface area contributed by atoms with Gasteiger partial charge in [0, 0.05) is 18.7 Å². The second-order valence-corrected chi connectivity index (χ2v) is 6.00. The number of carbonyl (C=O) groups is 1. The van der Waals surface area contributed by atoms with Gasteiger partial charge in [0.25, 0.3) is 0 Å². The maximum absolute atomic E-state index is 12.9. The largest absolute Gasteiger partial charge is 0.416 e. The van der Waals surface area contributed by atoms with Crippen molar-refractivity contribution in [3.63, 3.8) is 0 Å². The van der Waals surface area contributed by atoms with Crippen molar-refractivity contribution in [2.45, 2.75) is 44.7 Å². The van der Waals surface area contributed by atoms with E-state index < -0.39 is 11.7 Å². The lowest BCUT2D eigenvalue weighted by atomic mass is 9.97. The van der Waals surface area contributed by atoms with E-state index in [0.717, 1.165) is 43.4 Å². The molecule has 0 aromatic heterocycles. The summed E-state index contributed by atoms with van der Waals surface area (Å²) in [6.07, 6.45) is 1.01. The van der Waals surface area contributed by atoms with Crippen LogP contribution >= 0.6 is 0 Å². The van der Waals surface area contributed by atoms with Crippen LogP contribution in [0.15, 0.2) is 18.2 Å². The van der Waals surface area contributed by atoms with E-state index in [9.17, 15) is 18.0 Å². The van der Waals surface area contributed by atoms with Crippen LogP contribution in [0.5, 0.6) is 0 Å². The smallest absolute Gasteiger partial charge is 0.312 e. The van der Waals surface area contributed by atoms with Gasteiger partial charge in [0.05, 0.1) is 5.56 Å². The van der Waals surface area contributed by atoms with Crippen LogP contribution in [-0.2, 0) is 17.4 Å². The molecule has 0 spiro atoms. The highest BCUT2D eigenvalue weighted by Gasteiger charge is 2.34. The monoisotopic (exact) mass is 297 g/mol. The molecule has 1 heterocycles. The fourth-order valence-electron chi connectivity index (χ4n) is 3.37. The number of fused-ring (bicyclic) bond motifs is 1. The molecule has 1 aliphatic carbocycles. The van der Waals surface area contributed by atoms with Crippen molar-refractivity contribution >= 4 is 11.6 Å². The molecular formula is C16H18F3NO. The Bertz CT molecular complexity index is 547. The second kappa shape index (κ2) is 5.35. The van der Waals surface area contributed by atoms with Gasteiger partial charge in [0.2, 0.25) is 5.91 Å². The standard InChI is InChI=1S/C16H18F3NO/c17-16(18,19)13-7-5-12-6-8-15(21)20(14(12)9-13)10-11-3-1-2-4-11/h5,7,9,11H,1-4,6,8,10H2. The topological polar surface area (TPSA) is 20.3 Å². The first-order valence-electron chi connectivity index (χ1n) is 7.45. The number of benzene rings is 1. The first-order chi connectivity index (χ1) is 9.95. The van der Waals surface area contributed by atoms with E-state index in [-0.39, 0.29) is 5.91 Å². The number of halogens is 3. The van der Waals surface area contributed by atoms with Crippen LogP contribution in [0.25, 0.3) is 0 Å². The van der Waals surface area contributed by atoms with E-state index in [1.54, 1.807) is 4.90 Å². The van der Waals surface area contributed by atoms with Gasteiger partial charge in [-0.1, -0.05) is 18.9 Å². The van der Waals surface area contributed by atoms with E-state index in [1.807, 2.05) is 0 Å². The van der Waals surface area contributed by atoms with Crippen molar-refractivity contribution in [2.75, 3.05) is 11.4 Å². The molecule has 0 saturated heterocycles. The number of carbonyl (C=O) groups excluding carboxylic acids is 1. The van der Waals surface area contributed by atoms with E-state index >= 15 is 0 Å². The van der Waals surface area contributed by atoms with Gasteiger partial charge in [0.15, 0.2) is 0 Å². The van der Waals surface area contributed by atoms with Crippen molar-refractivity contribution in [3.05, 3.63) is 29.3 Å². The third kappa shape index (κ3) is 2.92. The van der Waals surface area contributed by atoms with Crippen molar-refractivity contribution in [1.29, 1.82) is 0 Å². The van der Waals surface area contributed by atoms with E-state index in [4.69, 9.17) is 0 Å². The van der Waals surface area contributed by atoms with Crippen molar-refractivity contribution in [2.24, 2.45) is 5.92 Å². The number of aryl methyl sites for hydroxylation is 1. The zero-order chi connectivity index (χ0) is 15.0. The predicted molar refractivity (Wildman–Crippen MR) is 74.1 cm³/mol. The Morgan fingerprint density at radius 1 is 1.14 bits per heavy atom. The number of hydrogen-bond donors (Lipinski definition) is 0. The van der Waals surface area contributed by atoms with Gasteiger partial charge in [-0.15, -0.1) is 0 Å². The number of hydrogen-bond acceptors (Lipinski definition) is 1. The average molecular weight is 297 g/mol. The minimum Gasteiger partial charge on any atom is -0.312 e. The van der Waals surface area contributed by atoms with E-state index in [0.29, 0.717) is 31.0 Å². The van der Waals surface area contributed by atoms with Crippen LogP contribution in [0.4, 0.5) is 18.9 Å². The Kier molecular flexibility index (Phi) is 3.68. The van der Waals surface area contributed by atoms with Gasteiger partial charge < -0.3 is 4.90 Å². The molecule has 5 heteroatoms. The first kappa shape index (κ1) is 14.4. The minimum atomic E-state index is -4.37. The van der Waals surface area contributed by atoms with Crippen LogP contribution in [-0.4, -0.2) is 12.5 Å². The summed E-state index contributed by atoms with van der Waals surface area (Å²) in [5, 5.41) is 0. The van der Waals surface area contributed by atoms with Crippen LogP contribution in [0.1, 0.15) is 43.2 Å². The van der Waals surface area contributed by atoms with Crippen LogP contribution in [0, 0.1) is 5.92 Å². The van der Waals surface area contributed by atoms with Crippen LogP contribution < -0.4 is 4.90 Å². The van der Waals surface area contributed by atoms with Gasteiger partial charge >= 0.3 is 6.18 Å². The third-order valence-electron chi connectivity index (χ3n) is 4.53. The van der Waals surface area contributed by atoms with E-state index in [2.05, 4.69) is 0 Å². The van der Waals surface area contributed by atoms with Crippen molar-refractivity contribution in [1.82, 2.24) is 0 Å². The Morgan fingerprint density at radius 2 is 1.86 bits per heavy atom. The Balaban J connectivity index is 1.92. The molecule has 1 aromatic carbocycles. The predicted octanol–water partition coefficient (Wildman–Crippen LogP) is 4.17. The second-order valence-electron chi connectivity index (χ2n) is 6.00. The molecule has 1 saturated carbocycles. The zero-order valence-electron chi connectivity index (χ0n) is 11.7. The number of amides is 1. The minimum absolute atomic E-state index is 0.0475. The zero-order valence-corrected chi connectivity index (χ0v) is 11.7. The molecule has 1 aromatic rings. The number of rotatable bonds is 2. The van der Waals surface area contributed by atoms with Gasteiger partial charge in [-0.25, -0.2) is 0 Å². The summed E-state index contributed by atoms with van der Waals surface area (Å²) in [6, 6.07) is 3.77. The van der Waals surface area contributed by atoms with Gasteiger partial charge in [-0.05, 0) is 42.9 Å². The van der Waals surface area contributed by atoms with Gasteiger partial charge in [-0.2, -0.15) is 13.2 Å². The molecule has 114 valence electrons. The third-order valence-corrected chi connectivity index (χ3v) is 4.53. The Labute approximate surface area is 121 Å². The molecular weight excluding hydrogens is 279 g/mol. The van der Waals surface area contributed by atoms with Crippen molar-refractivity contribution in [3.8, 4) is 0 Å². The molecule has 21 heavy (non-hydrogen) atoms. The number of alkyl halides is 3. The molecule has 2 nitrogen and oxygen atoms in total. The van der Waals surface area contributed by atoms with Crippen molar-refractivity contribution < 1.29 is 18.0 Å². The molecule has 0 atom stereocenters. The number of anilines is 1. The summed E-state index contributed by atoms with van der Waals surface area (Å²) in [5.74, 6) is 0.378. The molecule has 2 aliphatic rings. The molecule has 1 amide bonds. The maximum atomic E-state index is 12.9. The highest BCUT2D eigenvalue weighted by atomic mass is 19.4. The summed E-state index contributed by atoms with van der Waals surface area (Å²) in [7, 11) is 0. The fourth-order valence-corrected chi connectivity index (χ4v) is 3.37. The van der Waals surface area contributed by atoms with Crippen LogP contribution in [0.3, 0.4) is 0 Å². The SMILES string of the molecule is O=C1CCc2ccc(C(F)(F)F)cc2N1CC1CCCC1. The Hall–Kier alpha value is -1.52. The number of nitrogens with zero attached hydrogens (tertiary/aromatic N) is 1. The summed E-state index contributed by atoms with van der Waals surface area (Å²) in [4.78, 5) is 13.7. The molecule has 0 bridgehead atoms. The summed E-state index contributed by atoms with van der Waals surface area (Å²) < 4.78 is 38.7. The highest BCUT2D eigenvalue weighted by molar-refractivity contribution is 5.96. The summed E-state index contributed by atoms with van der Waals surface area (Å²) >= 11 is 0. The van der Waals surface area contributed by atoms with Crippen LogP contribution in [0.2, 0.25) is 0 Å². The first-order valence-corrected chi connectivity index (χ1v) is 7.45. The summed E-state index contributed by atoms with van der Waals surface area (Å²) in [5.41, 5.74) is 0.640. The lowest BCUT2D eigenvalue weighted by Crippen LogP contribution is -2.38. The van der Waals surface area contributed by atoms with Gasteiger partial charge in [0.1, 0.15) is 0 Å². The average Bonchev–Trinajstić information content (AvgIpc) is 2.93. The molecule has 3 rings (SSSR count). The van der Waals surface area contributed by atoms with Gasteiger partial charge in [-0.3, -0.25) is 4.79 Å². The quantitative estimate of drug-likeness (QED) is 0.802. The highest BCUT2D eigenvalue weighted by Crippen LogP contribution is 2.37. The normalized spacial score (nSPS) is 20.0. The summed E-state index contributed by atoms with van der Waals surface area (Å²) in [6.45, 7) is 0.563. The lowest BCUT2D eigenvalue weighted by molar-refractivity contribution is -0.137.